The molecule has 3 heterocycles. The Morgan fingerprint density at radius 1 is 1.12 bits per heavy atom. The first kappa shape index (κ1) is 15.7. The van der Waals surface area contributed by atoms with Crippen LogP contribution in [0.2, 0.25) is 10.2 Å². The fourth-order valence-electron chi connectivity index (χ4n) is 3.21. The Bertz CT molecular complexity index is 884. The van der Waals surface area contributed by atoms with Crippen LogP contribution in [0, 0.1) is 5.92 Å². The summed E-state index contributed by atoms with van der Waals surface area (Å²) in [5.74, 6) is 2.15. The normalized spacial score (nSPS) is 16.0. The van der Waals surface area contributed by atoms with Crippen molar-refractivity contribution in [1.29, 1.82) is 0 Å². The van der Waals surface area contributed by atoms with Gasteiger partial charge in [-0.15, -0.1) is 0 Å². The maximum absolute atomic E-state index is 6.54. The summed E-state index contributed by atoms with van der Waals surface area (Å²) in [4.78, 5) is 10.9. The summed E-state index contributed by atoms with van der Waals surface area (Å²) in [7, 11) is 0. The average molecular weight is 362 g/mol. The summed E-state index contributed by atoms with van der Waals surface area (Å²) < 4.78 is 1.76. The monoisotopic (exact) mass is 361 g/mol. The molecule has 0 saturated carbocycles. The van der Waals surface area contributed by atoms with E-state index in [0.29, 0.717) is 16.0 Å². The summed E-state index contributed by atoms with van der Waals surface area (Å²) in [5, 5.41) is 5.42. The van der Waals surface area contributed by atoms with E-state index in [1.807, 2.05) is 24.3 Å². The van der Waals surface area contributed by atoms with E-state index >= 15 is 0 Å². The highest BCUT2D eigenvalue weighted by Crippen LogP contribution is 2.40. The van der Waals surface area contributed by atoms with Crippen molar-refractivity contribution in [2.24, 2.45) is 5.92 Å². The van der Waals surface area contributed by atoms with Gasteiger partial charge in [0.1, 0.15) is 17.3 Å². The molecule has 0 N–H and O–H groups in total. The summed E-state index contributed by atoms with van der Waals surface area (Å²) in [6.45, 7) is 4.19. The second-order valence-corrected chi connectivity index (χ2v) is 6.99. The minimum Gasteiger partial charge on any atom is -0.356 e. The Balaban J connectivity index is 1.97. The van der Waals surface area contributed by atoms with Gasteiger partial charge in [0, 0.05) is 23.7 Å². The molecule has 5 nitrogen and oxygen atoms in total. The second-order valence-electron chi connectivity index (χ2n) is 6.22. The van der Waals surface area contributed by atoms with Gasteiger partial charge in [0.15, 0.2) is 0 Å². The number of rotatable bonds is 2. The number of hydrogen-bond donors (Lipinski definition) is 0. The first-order valence-electron chi connectivity index (χ1n) is 8.04. The molecular formula is C17H17Cl2N5. The minimum atomic E-state index is 0.400. The fourth-order valence-corrected chi connectivity index (χ4v) is 3.70. The van der Waals surface area contributed by atoms with Gasteiger partial charge in [0.2, 0.25) is 0 Å². The molecule has 0 radical (unpaired) electrons. The van der Waals surface area contributed by atoms with Crippen molar-refractivity contribution in [1.82, 2.24) is 19.6 Å². The molecule has 1 aliphatic rings. The lowest BCUT2D eigenvalue weighted by Crippen LogP contribution is -2.34. The molecule has 0 atom stereocenters. The van der Waals surface area contributed by atoms with Crippen LogP contribution in [0.5, 0.6) is 0 Å². The van der Waals surface area contributed by atoms with Crippen LogP contribution >= 0.6 is 23.2 Å². The molecule has 1 saturated heterocycles. The first-order chi connectivity index (χ1) is 11.6. The van der Waals surface area contributed by atoms with E-state index in [1.165, 1.54) is 6.33 Å². The highest BCUT2D eigenvalue weighted by molar-refractivity contribution is 6.36. The number of aromatic nitrogens is 4. The van der Waals surface area contributed by atoms with Crippen LogP contribution in [0.4, 0.5) is 5.82 Å². The van der Waals surface area contributed by atoms with Crippen LogP contribution in [0.3, 0.4) is 0 Å². The van der Waals surface area contributed by atoms with Crippen LogP contribution < -0.4 is 4.90 Å². The molecule has 0 bridgehead atoms. The van der Waals surface area contributed by atoms with Crippen molar-refractivity contribution in [3.8, 4) is 11.1 Å². The third-order valence-electron chi connectivity index (χ3n) is 4.58. The van der Waals surface area contributed by atoms with Crippen LogP contribution in [-0.2, 0) is 0 Å². The van der Waals surface area contributed by atoms with Gasteiger partial charge in [-0.3, -0.25) is 0 Å². The van der Waals surface area contributed by atoms with Crippen LogP contribution in [0.25, 0.3) is 16.9 Å². The molecule has 0 unspecified atom stereocenters. The third kappa shape index (κ3) is 2.62. The molecule has 7 heteroatoms. The topological polar surface area (TPSA) is 46.3 Å². The van der Waals surface area contributed by atoms with Crippen molar-refractivity contribution in [2.75, 3.05) is 18.0 Å². The molecule has 0 spiro atoms. The minimum absolute atomic E-state index is 0.400. The Morgan fingerprint density at radius 3 is 2.62 bits per heavy atom. The highest BCUT2D eigenvalue weighted by atomic mass is 35.5. The van der Waals surface area contributed by atoms with Crippen LogP contribution in [0.1, 0.15) is 19.8 Å². The number of fused-ring (bicyclic) bond motifs is 1. The molecule has 124 valence electrons. The van der Waals surface area contributed by atoms with E-state index in [-0.39, 0.29) is 0 Å². The van der Waals surface area contributed by atoms with E-state index < -0.39 is 0 Å². The molecule has 3 aromatic rings. The largest absolute Gasteiger partial charge is 0.356 e. The number of benzene rings is 1. The summed E-state index contributed by atoms with van der Waals surface area (Å²) >= 11 is 13.0. The average Bonchev–Trinajstić information content (AvgIpc) is 3.03. The maximum Gasteiger partial charge on any atom is 0.255 e. The summed E-state index contributed by atoms with van der Waals surface area (Å²) in [6.07, 6.45) is 3.78. The van der Waals surface area contributed by atoms with Crippen LogP contribution in [-0.4, -0.2) is 32.7 Å². The van der Waals surface area contributed by atoms with Gasteiger partial charge in [-0.2, -0.15) is 19.6 Å². The Kier molecular flexibility index (Phi) is 4.06. The number of halogens is 2. The van der Waals surface area contributed by atoms with Crippen molar-refractivity contribution < 1.29 is 0 Å². The molecule has 24 heavy (non-hydrogen) atoms. The third-order valence-corrected chi connectivity index (χ3v) is 5.19. The fraction of sp³-hybridized carbons (Fsp3) is 0.353. The van der Waals surface area contributed by atoms with Gasteiger partial charge in [-0.05, 0) is 24.8 Å². The second kappa shape index (κ2) is 6.22. The predicted octanol–water partition coefficient (Wildman–Crippen LogP) is 4.33. The summed E-state index contributed by atoms with van der Waals surface area (Å²) in [6, 6.07) is 7.68. The van der Waals surface area contributed by atoms with Gasteiger partial charge in [0.25, 0.3) is 5.78 Å². The van der Waals surface area contributed by atoms with E-state index in [2.05, 4.69) is 26.9 Å². The van der Waals surface area contributed by atoms with E-state index in [0.717, 1.165) is 48.8 Å². The lowest BCUT2D eigenvalue weighted by Gasteiger charge is -2.33. The van der Waals surface area contributed by atoms with Gasteiger partial charge >= 0.3 is 0 Å². The molecule has 1 fully saturated rings. The van der Waals surface area contributed by atoms with Gasteiger partial charge in [0.05, 0.1) is 5.56 Å². The molecule has 4 rings (SSSR count). The molecule has 1 aromatic carbocycles. The van der Waals surface area contributed by atoms with Gasteiger partial charge < -0.3 is 4.90 Å². The zero-order valence-corrected chi connectivity index (χ0v) is 14.8. The number of piperidine rings is 1. The Hall–Kier alpha value is -1.85. The molecule has 1 aliphatic heterocycles. The Labute approximate surface area is 150 Å². The summed E-state index contributed by atoms with van der Waals surface area (Å²) in [5.41, 5.74) is 1.68. The zero-order chi connectivity index (χ0) is 16.7. The SMILES string of the molecule is CC1CCN(c2c(-c3ccccc3Cl)c(Cl)nc3ncnn23)CC1. The van der Waals surface area contributed by atoms with Crippen molar-refractivity contribution in [2.45, 2.75) is 19.8 Å². The molecule has 2 aromatic heterocycles. The lowest BCUT2D eigenvalue weighted by atomic mass is 9.98. The predicted molar refractivity (Wildman–Crippen MR) is 96.8 cm³/mol. The number of anilines is 1. The van der Waals surface area contributed by atoms with Crippen molar-refractivity contribution >= 4 is 34.8 Å². The quantitative estimate of drug-likeness (QED) is 0.637. The smallest absolute Gasteiger partial charge is 0.255 e. The molecule has 0 amide bonds. The maximum atomic E-state index is 6.54. The van der Waals surface area contributed by atoms with Gasteiger partial charge in [-0.1, -0.05) is 48.3 Å². The number of hydrogen-bond acceptors (Lipinski definition) is 4. The molecular weight excluding hydrogens is 345 g/mol. The van der Waals surface area contributed by atoms with E-state index in [9.17, 15) is 0 Å². The number of nitrogens with zero attached hydrogens (tertiary/aromatic N) is 5. The lowest BCUT2D eigenvalue weighted by molar-refractivity contribution is 0.435. The van der Waals surface area contributed by atoms with Gasteiger partial charge in [-0.25, -0.2) is 0 Å². The van der Waals surface area contributed by atoms with E-state index in [1.54, 1.807) is 4.52 Å². The van der Waals surface area contributed by atoms with E-state index in [4.69, 9.17) is 23.2 Å². The first-order valence-corrected chi connectivity index (χ1v) is 8.80. The zero-order valence-electron chi connectivity index (χ0n) is 13.3. The van der Waals surface area contributed by atoms with Crippen LogP contribution in [0.15, 0.2) is 30.6 Å². The highest BCUT2D eigenvalue weighted by Gasteiger charge is 2.26. The van der Waals surface area contributed by atoms with Crippen molar-refractivity contribution in [3.63, 3.8) is 0 Å². The van der Waals surface area contributed by atoms with Crippen molar-refractivity contribution in [3.05, 3.63) is 40.8 Å². The Morgan fingerprint density at radius 2 is 1.88 bits per heavy atom. The molecule has 0 aliphatic carbocycles. The standard InChI is InChI=1S/C17H17Cl2N5/c1-11-6-8-23(9-7-11)16-14(12-4-2-3-5-13(12)18)15(19)22-17-20-10-21-24(16)17/h2-5,10-11H,6-9H2,1H3.